The third kappa shape index (κ3) is 4.66. The third-order valence-corrected chi connectivity index (χ3v) is 5.03. The molecule has 0 amide bonds. The maximum absolute atomic E-state index is 13.0. The van der Waals surface area contributed by atoms with Crippen molar-refractivity contribution in [2.75, 3.05) is 5.75 Å². The van der Waals surface area contributed by atoms with Gasteiger partial charge in [-0.25, -0.2) is 4.39 Å². The van der Waals surface area contributed by atoms with Gasteiger partial charge in [-0.1, -0.05) is 43.2 Å². The van der Waals surface area contributed by atoms with Crippen molar-refractivity contribution in [3.63, 3.8) is 0 Å². The van der Waals surface area contributed by atoms with Gasteiger partial charge < -0.3 is 5.11 Å². The average molecular weight is 362 g/mol. The number of hydrogen-bond acceptors (Lipinski definition) is 5. The molecule has 0 spiro atoms. The Morgan fingerprint density at radius 3 is 2.68 bits per heavy atom. The summed E-state index contributed by atoms with van der Waals surface area (Å²) in [6, 6.07) is 6.01. The van der Waals surface area contributed by atoms with Gasteiger partial charge in [-0.3, -0.25) is 4.79 Å². The average Bonchev–Trinajstić information content (AvgIpc) is 3.03. The normalized spacial score (nSPS) is 15.7. The molecule has 1 N–H and O–H groups in total. The van der Waals surface area contributed by atoms with Crippen LogP contribution >= 0.6 is 11.8 Å². The molecular weight excluding hydrogens is 343 g/mol. The summed E-state index contributed by atoms with van der Waals surface area (Å²) >= 11 is 1.09. The molecule has 2 aromatic rings. The number of carboxylic acids is 1. The Balaban J connectivity index is 1.87. The molecule has 6 nitrogen and oxygen atoms in total. The Bertz CT molecular complexity index is 755. The molecule has 1 heterocycles. The Labute approximate surface area is 149 Å². The fourth-order valence-electron chi connectivity index (χ4n) is 2.89. The van der Waals surface area contributed by atoms with Crippen molar-refractivity contribution in [3.8, 4) is 0 Å². The van der Waals surface area contributed by atoms with Gasteiger partial charge in [-0.2, -0.15) is 9.78 Å². The molecule has 1 aliphatic carbocycles. The van der Waals surface area contributed by atoms with Gasteiger partial charge in [0, 0.05) is 5.92 Å². The minimum atomic E-state index is -0.915. The first-order chi connectivity index (χ1) is 12.1. The fourth-order valence-corrected chi connectivity index (χ4v) is 3.50. The molecule has 0 radical (unpaired) electrons. The Kier molecular flexibility index (Phi) is 5.80. The molecular formula is C17H19FN4O2S. The van der Waals surface area contributed by atoms with Gasteiger partial charge in [0.1, 0.15) is 5.82 Å². The summed E-state index contributed by atoms with van der Waals surface area (Å²) in [5, 5.41) is 22.2. The first kappa shape index (κ1) is 17.6. The summed E-state index contributed by atoms with van der Waals surface area (Å²) in [4.78, 5) is 10.9. The lowest BCUT2D eigenvalue weighted by molar-refractivity contribution is -0.133. The molecule has 1 fully saturated rings. The number of rotatable bonds is 6. The molecule has 3 rings (SSSR count). The van der Waals surface area contributed by atoms with Gasteiger partial charge >= 0.3 is 5.97 Å². The van der Waals surface area contributed by atoms with Gasteiger partial charge in [0.2, 0.25) is 5.16 Å². The Hall–Kier alpha value is -2.22. The maximum atomic E-state index is 13.0. The van der Waals surface area contributed by atoms with E-state index in [1.807, 2.05) is 0 Å². The predicted octanol–water partition coefficient (Wildman–Crippen LogP) is 3.52. The van der Waals surface area contributed by atoms with Crippen LogP contribution in [0.4, 0.5) is 4.39 Å². The number of carboxylic acid groups (broad SMARTS) is 1. The van der Waals surface area contributed by atoms with Crippen LogP contribution in [0.3, 0.4) is 0 Å². The zero-order valence-corrected chi connectivity index (χ0v) is 14.5. The summed E-state index contributed by atoms with van der Waals surface area (Å²) in [7, 11) is 0. The smallest absolute Gasteiger partial charge is 0.313 e. The minimum absolute atomic E-state index is 0.102. The van der Waals surface area contributed by atoms with Crippen molar-refractivity contribution in [1.82, 2.24) is 14.9 Å². The molecule has 132 valence electrons. The number of thioether (sulfide) groups is 1. The van der Waals surface area contributed by atoms with E-state index in [9.17, 15) is 9.18 Å². The van der Waals surface area contributed by atoms with Gasteiger partial charge in [0.25, 0.3) is 0 Å². The summed E-state index contributed by atoms with van der Waals surface area (Å²) in [6.07, 6.45) is 7.21. The lowest BCUT2D eigenvalue weighted by atomic mass is 9.89. The second-order valence-electron chi connectivity index (χ2n) is 5.97. The quantitative estimate of drug-likeness (QED) is 0.628. The first-order valence-corrected chi connectivity index (χ1v) is 9.22. The number of aliphatic carboxylic acids is 1. The van der Waals surface area contributed by atoms with Gasteiger partial charge in [-0.05, 0) is 30.5 Å². The Morgan fingerprint density at radius 1 is 1.28 bits per heavy atom. The summed E-state index contributed by atoms with van der Waals surface area (Å²) in [5.74, 6) is -0.269. The zero-order chi connectivity index (χ0) is 17.6. The monoisotopic (exact) mass is 362 g/mol. The highest BCUT2D eigenvalue weighted by Crippen LogP contribution is 2.33. The lowest BCUT2D eigenvalue weighted by Gasteiger charge is -2.20. The predicted molar refractivity (Wildman–Crippen MR) is 93.6 cm³/mol. The third-order valence-electron chi connectivity index (χ3n) is 4.12. The van der Waals surface area contributed by atoms with E-state index in [1.54, 1.807) is 23.0 Å². The fraction of sp³-hybridized carbons (Fsp3) is 0.412. The highest BCUT2D eigenvalue weighted by molar-refractivity contribution is 7.99. The molecule has 1 aromatic carbocycles. The van der Waals surface area contributed by atoms with Gasteiger partial charge in [0.05, 0.1) is 12.0 Å². The molecule has 1 aliphatic rings. The van der Waals surface area contributed by atoms with E-state index in [0.717, 1.165) is 48.8 Å². The van der Waals surface area contributed by atoms with Crippen molar-refractivity contribution >= 4 is 23.9 Å². The van der Waals surface area contributed by atoms with Crippen molar-refractivity contribution in [3.05, 3.63) is 41.5 Å². The Morgan fingerprint density at radius 2 is 2.00 bits per heavy atom. The molecule has 0 bridgehead atoms. The van der Waals surface area contributed by atoms with Crippen LogP contribution in [0.2, 0.25) is 0 Å². The van der Waals surface area contributed by atoms with Crippen LogP contribution in [0.25, 0.3) is 0 Å². The van der Waals surface area contributed by atoms with Crippen molar-refractivity contribution in [2.45, 2.75) is 43.2 Å². The molecule has 1 saturated carbocycles. The lowest BCUT2D eigenvalue weighted by Crippen LogP contribution is -2.11. The largest absolute Gasteiger partial charge is 0.481 e. The number of benzene rings is 1. The highest BCUT2D eigenvalue weighted by Gasteiger charge is 2.23. The second-order valence-corrected chi connectivity index (χ2v) is 6.91. The number of nitrogens with zero attached hydrogens (tertiary/aromatic N) is 4. The van der Waals surface area contributed by atoms with Crippen LogP contribution in [0.1, 0.15) is 49.4 Å². The van der Waals surface area contributed by atoms with E-state index in [4.69, 9.17) is 5.11 Å². The first-order valence-electron chi connectivity index (χ1n) is 8.23. The number of aromatic nitrogens is 3. The summed E-state index contributed by atoms with van der Waals surface area (Å²) < 4.78 is 14.7. The minimum Gasteiger partial charge on any atom is -0.481 e. The second kappa shape index (κ2) is 8.24. The van der Waals surface area contributed by atoms with E-state index in [-0.39, 0.29) is 17.5 Å². The standard InChI is InChI=1S/C17H19FN4O2S/c18-14-8-6-12(7-9-14)10-19-22-16(13-4-2-1-3-5-13)20-21-17(22)25-11-15(23)24/h6-10,13H,1-5,11H2,(H,23,24)/b19-10-. The molecule has 0 unspecified atom stereocenters. The molecule has 25 heavy (non-hydrogen) atoms. The topological polar surface area (TPSA) is 80.4 Å². The van der Waals surface area contributed by atoms with Crippen LogP contribution < -0.4 is 0 Å². The SMILES string of the molecule is O=C(O)CSc1nnc(C2CCCCC2)n1/N=C\c1ccc(F)cc1. The van der Waals surface area contributed by atoms with Crippen molar-refractivity contribution < 1.29 is 14.3 Å². The van der Waals surface area contributed by atoms with E-state index in [1.165, 1.54) is 18.6 Å². The van der Waals surface area contributed by atoms with E-state index in [2.05, 4.69) is 15.3 Å². The molecule has 0 saturated heterocycles. The zero-order valence-electron chi connectivity index (χ0n) is 13.6. The van der Waals surface area contributed by atoms with E-state index >= 15 is 0 Å². The molecule has 8 heteroatoms. The number of halogens is 1. The highest BCUT2D eigenvalue weighted by atomic mass is 32.2. The molecule has 1 aromatic heterocycles. The summed E-state index contributed by atoms with van der Waals surface area (Å²) in [6.45, 7) is 0. The molecule has 0 aliphatic heterocycles. The van der Waals surface area contributed by atoms with Gasteiger partial charge in [0.15, 0.2) is 5.82 Å². The number of hydrogen-bond donors (Lipinski definition) is 1. The van der Waals surface area contributed by atoms with Crippen LogP contribution in [-0.4, -0.2) is 37.9 Å². The van der Waals surface area contributed by atoms with E-state index < -0.39 is 5.97 Å². The number of carbonyl (C=O) groups is 1. The van der Waals surface area contributed by atoms with Crippen molar-refractivity contribution in [1.29, 1.82) is 0 Å². The maximum Gasteiger partial charge on any atom is 0.313 e. The van der Waals surface area contributed by atoms with Crippen LogP contribution in [0, 0.1) is 5.82 Å². The van der Waals surface area contributed by atoms with Crippen LogP contribution in [-0.2, 0) is 4.79 Å². The van der Waals surface area contributed by atoms with Crippen molar-refractivity contribution in [2.24, 2.45) is 5.10 Å². The molecule has 0 atom stereocenters. The van der Waals surface area contributed by atoms with Crippen LogP contribution in [0.5, 0.6) is 0 Å². The van der Waals surface area contributed by atoms with E-state index in [0.29, 0.717) is 5.16 Å². The summed E-state index contributed by atoms with van der Waals surface area (Å²) in [5.41, 5.74) is 0.749. The van der Waals surface area contributed by atoms with Crippen LogP contribution in [0.15, 0.2) is 34.5 Å². The van der Waals surface area contributed by atoms with Gasteiger partial charge in [-0.15, -0.1) is 10.2 Å².